The molecule has 0 radical (unpaired) electrons. The SMILES string of the molecule is COCCNC(=O)C(C)NC1CCCC(C(=O)O)C1. The lowest BCUT2D eigenvalue weighted by Crippen LogP contribution is -2.48. The summed E-state index contributed by atoms with van der Waals surface area (Å²) in [6.45, 7) is 2.78. The number of carboxylic acid groups (broad SMARTS) is 1. The Kier molecular flexibility index (Phi) is 6.80. The molecule has 1 saturated carbocycles. The zero-order valence-electron chi connectivity index (χ0n) is 11.6. The van der Waals surface area contributed by atoms with Gasteiger partial charge in [-0.3, -0.25) is 9.59 Å². The summed E-state index contributed by atoms with van der Waals surface area (Å²) in [6.07, 6.45) is 3.17. The molecule has 110 valence electrons. The van der Waals surface area contributed by atoms with Crippen LogP contribution in [-0.4, -0.2) is 49.3 Å². The van der Waals surface area contributed by atoms with Crippen LogP contribution in [0.15, 0.2) is 0 Å². The lowest BCUT2D eigenvalue weighted by molar-refractivity contribution is -0.143. The third-order valence-electron chi connectivity index (χ3n) is 3.51. The van der Waals surface area contributed by atoms with Crippen molar-refractivity contribution in [2.24, 2.45) is 5.92 Å². The van der Waals surface area contributed by atoms with E-state index < -0.39 is 5.97 Å². The van der Waals surface area contributed by atoms with E-state index in [1.807, 2.05) is 0 Å². The first kappa shape index (κ1) is 15.9. The highest BCUT2D eigenvalue weighted by Crippen LogP contribution is 2.24. The van der Waals surface area contributed by atoms with E-state index in [0.717, 1.165) is 19.3 Å². The summed E-state index contributed by atoms with van der Waals surface area (Å²) in [4.78, 5) is 22.7. The van der Waals surface area contributed by atoms with Crippen LogP contribution in [0.5, 0.6) is 0 Å². The Morgan fingerprint density at radius 1 is 1.42 bits per heavy atom. The summed E-state index contributed by atoms with van der Waals surface area (Å²) in [5.41, 5.74) is 0. The van der Waals surface area contributed by atoms with Crippen LogP contribution in [0.4, 0.5) is 0 Å². The summed E-state index contributed by atoms with van der Waals surface area (Å²) in [6, 6.07) is -0.201. The molecule has 0 aromatic carbocycles. The molecular formula is C13H24N2O4. The van der Waals surface area contributed by atoms with Gasteiger partial charge in [-0.15, -0.1) is 0 Å². The number of ether oxygens (including phenoxy) is 1. The van der Waals surface area contributed by atoms with Crippen LogP contribution < -0.4 is 10.6 Å². The fraction of sp³-hybridized carbons (Fsp3) is 0.846. The smallest absolute Gasteiger partial charge is 0.306 e. The molecule has 6 heteroatoms. The van der Waals surface area contributed by atoms with Crippen molar-refractivity contribution in [3.63, 3.8) is 0 Å². The van der Waals surface area contributed by atoms with Gasteiger partial charge in [0.15, 0.2) is 0 Å². The monoisotopic (exact) mass is 272 g/mol. The van der Waals surface area contributed by atoms with Crippen molar-refractivity contribution in [3.05, 3.63) is 0 Å². The van der Waals surface area contributed by atoms with E-state index in [9.17, 15) is 9.59 Å². The lowest BCUT2D eigenvalue weighted by Gasteiger charge is -2.29. The van der Waals surface area contributed by atoms with Crippen LogP contribution in [-0.2, 0) is 14.3 Å². The molecule has 1 fully saturated rings. The molecule has 0 aliphatic heterocycles. The number of amides is 1. The molecule has 0 aromatic heterocycles. The van der Waals surface area contributed by atoms with Gasteiger partial charge in [-0.05, 0) is 26.2 Å². The molecule has 0 bridgehead atoms. The second-order valence-electron chi connectivity index (χ2n) is 5.07. The number of aliphatic carboxylic acids is 1. The van der Waals surface area contributed by atoms with Gasteiger partial charge in [0.1, 0.15) is 0 Å². The van der Waals surface area contributed by atoms with Gasteiger partial charge in [-0.1, -0.05) is 6.42 Å². The van der Waals surface area contributed by atoms with E-state index in [4.69, 9.17) is 9.84 Å². The van der Waals surface area contributed by atoms with E-state index in [1.54, 1.807) is 14.0 Å². The van der Waals surface area contributed by atoms with Crippen molar-refractivity contribution < 1.29 is 19.4 Å². The molecule has 3 atom stereocenters. The molecular weight excluding hydrogens is 248 g/mol. The molecule has 1 rings (SSSR count). The Hall–Kier alpha value is -1.14. The van der Waals surface area contributed by atoms with Crippen LogP contribution in [0, 0.1) is 5.92 Å². The number of carbonyl (C=O) groups excluding carboxylic acids is 1. The first-order valence-corrected chi connectivity index (χ1v) is 6.80. The van der Waals surface area contributed by atoms with Gasteiger partial charge in [-0.25, -0.2) is 0 Å². The highest BCUT2D eigenvalue weighted by atomic mass is 16.5. The lowest BCUT2D eigenvalue weighted by atomic mass is 9.85. The van der Waals surface area contributed by atoms with Gasteiger partial charge in [0.05, 0.1) is 18.6 Å². The van der Waals surface area contributed by atoms with E-state index >= 15 is 0 Å². The Balaban J connectivity index is 2.32. The topological polar surface area (TPSA) is 87.7 Å². The molecule has 1 aliphatic carbocycles. The molecule has 0 heterocycles. The van der Waals surface area contributed by atoms with Gasteiger partial charge < -0.3 is 20.5 Å². The van der Waals surface area contributed by atoms with Crippen molar-refractivity contribution >= 4 is 11.9 Å². The maximum Gasteiger partial charge on any atom is 0.306 e. The Labute approximate surface area is 113 Å². The number of hydrogen-bond donors (Lipinski definition) is 3. The van der Waals surface area contributed by atoms with Gasteiger partial charge >= 0.3 is 5.97 Å². The summed E-state index contributed by atoms with van der Waals surface area (Å²) in [5.74, 6) is -1.09. The second kappa shape index (κ2) is 8.12. The normalized spacial score (nSPS) is 24.7. The molecule has 3 N–H and O–H groups in total. The van der Waals surface area contributed by atoms with Crippen molar-refractivity contribution in [1.82, 2.24) is 10.6 Å². The van der Waals surface area contributed by atoms with E-state index in [0.29, 0.717) is 19.6 Å². The molecule has 6 nitrogen and oxygen atoms in total. The van der Waals surface area contributed by atoms with E-state index in [2.05, 4.69) is 10.6 Å². The predicted octanol–water partition coefficient (Wildman–Crippen LogP) is 0.371. The van der Waals surface area contributed by atoms with Crippen molar-refractivity contribution in [1.29, 1.82) is 0 Å². The number of carbonyl (C=O) groups is 2. The Morgan fingerprint density at radius 2 is 2.16 bits per heavy atom. The number of carboxylic acids is 1. The van der Waals surface area contributed by atoms with Gasteiger partial charge in [0.25, 0.3) is 0 Å². The van der Waals surface area contributed by atoms with E-state index in [1.165, 1.54) is 0 Å². The minimum atomic E-state index is -0.733. The van der Waals surface area contributed by atoms with Crippen molar-refractivity contribution in [3.8, 4) is 0 Å². The summed E-state index contributed by atoms with van der Waals surface area (Å²) < 4.78 is 4.86. The maximum absolute atomic E-state index is 11.8. The fourth-order valence-electron chi connectivity index (χ4n) is 2.42. The van der Waals surface area contributed by atoms with Crippen molar-refractivity contribution in [2.45, 2.75) is 44.7 Å². The quantitative estimate of drug-likeness (QED) is 0.583. The first-order valence-electron chi connectivity index (χ1n) is 6.80. The molecule has 0 aromatic rings. The summed E-state index contributed by atoms with van der Waals surface area (Å²) in [7, 11) is 1.59. The molecule has 0 saturated heterocycles. The number of hydrogen-bond acceptors (Lipinski definition) is 4. The molecule has 19 heavy (non-hydrogen) atoms. The van der Waals surface area contributed by atoms with Gasteiger partial charge in [-0.2, -0.15) is 0 Å². The first-order chi connectivity index (χ1) is 9.04. The van der Waals surface area contributed by atoms with Crippen LogP contribution in [0.25, 0.3) is 0 Å². The van der Waals surface area contributed by atoms with Gasteiger partial charge in [0.2, 0.25) is 5.91 Å². The maximum atomic E-state index is 11.8. The van der Waals surface area contributed by atoms with Crippen LogP contribution in [0.1, 0.15) is 32.6 Å². The molecule has 3 unspecified atom stereocenters. The zero-order valence-corrected chi connectivity index (χ0v) is 11.6. The van der Waals surface area contributed by atoms with E-state index in [-0.39, 0.29) is 23.9 Å². The Morgan fingerprint density at radius 3 is 2.79 bits per heavy atom. The van der Waals surface area contributed by atoms with Crippen LogP contribution in [0.2, 0.25) is 0 Å². The average Bonchev–Trinajstić information content (AvgIpc) is 2.39. The number of nitrogens with one attached hydrogen (secondary N) is 2. The summed E-state index contributed by atoms with van der Waals surface area (Å²) in [5, 5.41) is 15.0. The average molecular weight is 272 g/mol. The highest BCUT2D eigenvalue weighted by Gasteiger charge is 2.28. The number of methoxy groups -OCH3 is 1. The van der Waals surface area contributed by atoms with Crippen LogP contribution in [0.3, 0.4) is 0 Å². The standard InChI is InChI=1S/C13H24N2O4/c1-9(12(16)14-6-7-19-2)15-11-5-3-4-10(8-11)13(17)18/h9-11,15H,3-8H2,1-2H3,(H,14,16)(H,17,18). The third kappa shape index (κ3) is 5.57. The number of rotatable bonds is 7. The predicted molar refractivity (Wildman–Crippen MR) is 70.9 cm³/mol. The Bertz CT molecular complexity index is 309. The molecule has 1 amide bonds. The highest BCUT2D eigenvalue weighted by molar-refractivity contribution is 5.81. The molecule has 1 aliphatic rings. The van der Waals surface area contributed by atoms with Crippen molar-refractivity contribution in [2.75, 3.05) is 20.3 Å². The molecule has 0 spiro atoms. The van der Waals surface area contributed by atoms with Crippen LogP contribution >= 0.6 is 0 Å². The zero-order chi connectivity index (χ0) is 14.3. The minimum absolute atomic E-state index is 0.0745. The summed E-state index contributed by atoms with van der Waals surface area (Å²) >= 11 is 0. The second-order valence-corrected chi connectivity index (χ2v) is 5.07. The largest absolute Gasteiger partial charge is 0.481 e. The fourth-order valence-corrected chi connectivity index (χ4v) is 2.42. The third-order valence-corrected chi connectivity index (χ3v) is 3.51. The van der Waals surface area contributed by atoms with Gasteiger partial charge in [0, 0.05) is 19.7 Å². The minimum Gasteiger partial charge on any atom is -0.481 e.